The summed E-state index contributed by atoms with van der Waals surface area (Å²) in [5.74, 6) is 0.618. The van der Waals surface area contributed by atoms with Crippen LogP contribution in [0, 0.1) is 0 Å². The van der Waals surface area contributed by atoms with E-state index in [1.54, 1.807) is 6.92 Å². The first kappa shape index (κ1) is 22.1. The molecule has 4 heteroatoms. The predicted octanol–water partition coefficient (Wildman–Crippen LogP) is 5.27. The van der Waals surface area contributed by atoms with Gasteiger partial charge >= 0.3 is 5.97 Å². The number of ether oxygens (including phenoxy) is 2. The summed E-state index contributed by atoms with van der Waals surface area (Å²) in [6.45, 7) is 18.2. The van der Waals surface area contributed by atoms with E-state index in [4.69, 9.17) is 9.47 Å². The summed E-state index contributed by atoms with van der Waals surface area (Å²) >= 11 is 0. The minimum atomic E-state index is -0.417. The Bertz CT molecular complexity index is 619. The molecule has 0 fully saturated rings. The average Bonchev–Trinajstić information content (AvgIpc) is 2.58. The van der Waals surface area contributed by atoms with Crippen LogP contribution in [0.1, 0.15) is 72.4 Å². The largest absolute Gasteiger partial charge is 0.507 e. The topological polar surface area (TPSA) is 55.8 Å². The fraction of sp³-hybridized carbons (Fsp3) is 0.591. The highest BCUT2D eigenvalue weighted by molar-refractivity contribution is 5.86. The predicted molar refractivity (Wildman–Crippen MR) is 106 cm³/mol. The van der Waals surface area contributed by atoms with Crippen molar-refractivity contribution in [1.82, 2.24) is 0 Å². The molecule has 1 N–H and O–H groups in total. The van der Waals surface area contributed by atoms with Crippen LogP contribution in [0.5, 0.6) is 11.5 Å². The molecule has 4 nitrogen and oxygen atoms in total. The standard InChI is InChI=1S/C22H34O4/c1-9-21(5,6)17-13-16(25-11-12-26-20(24)15(3)4)14-18(19(17)23)22(7,8)10-2/h13-14,23H,3,9-12H2,1-2,4-8H3. The third-order valence-electron chi connectivity index (χ3n) is 5.24. The maximum Gasteiger partial charge on any atom is 0.333 e. The summed E-state index contributed by atoms with van der Waals surface area (Å²) in [5, 5.41) is 10.9. The van der Waals surface area contributed by atoms with Crippen molar-refractivity contribution in [3.8, 4) is 11.5 Å². The first-order valence-electron chi connectivity index (χ1n) is 9.29. The Morgan fingerprint density at radius 2 is 1.50 bits per heavy atom. The molecule has 0 heterocycles. The minimum Gasteiger partial charge on any atom is -0.507 e. The van der Waals surface area contributed by atoms with Gasteiger partial charge in [0, 0.05) is 16.7 Å². The number of phenolic OH excluding ortho intramolecular Hbond substituents is 1. The lowest BCUT2D eigenvalue weighted by atomic mass is 9.75. The van der Waals surface area contributed by atoms with E-state index >= 15 is 0 Å². The van der Waals surface area contributed by atoms with Crippen LogP contribution in [0.3, 0.4) is 0 Å². The van der Waals surface area contributed by atoms with Crippen molar-refractivity contribution in [2.24, 2.45) is 0 Å². The van der Waals surface area contributed by atoms with Gasteiger partial charge in [-0.25, -0.2) is 4.79 Å². The Labute approximate surface area is 158 Å². The number of aromatic hydroxyl groups is 1. The van der Waals surface area contributed by atoms with Crippen molar-refractivity contribution in [2.75, 3.05) is 13.2 Å². The van der Waals surface area contributed by atoms with E-state index in [1.807, 2.05) is 12.1 Å². The van der Waals surface area contributed by atoms with Gasteiger partial charge in [-0.15, -0.1) is 0 Å². The van der Waals surface area contributed by atoms with Gasteiger partial charge < -0.3 is 14.6 Å². The maximum atomic E-state index is 11.4. The zero-order valence-electron chi connectivity index (χ0n) is 17.4. The van der Waals surface area contributed by atoms with Gasteiger partial charge in [0.05, 0.1) is 0 Å². The molecule has 1 aromatic carbocycles. The van der Waals surface area contributed by atoms with Gasteiger partial charge in [-0.2, -0.15) is 0 Å². The Kier molecular flexibility index (Phi) is 7.31. The summed E-state index contributed by atoms with van der Waals surface area (Å²) in [6.07, 6.45) is 1.79. The van der Waals surface area contributed by atoms with Crippen molar-refractivity contribution in [3.63, 3.8) is 0 Å². The lowest BCUT2D eigenvalue weighted by Crippen LogP contribution is -2.21. The molecule has 0 aliphatic carbocycles. The summed E-state index contributed by atoms with van der Waals surface area (Å²) in [4.78, 5) is 11.4. The molecule has 0 amide bonds. The second kappa shape index (κ2) is 8.61. The molecular weight excluding hydrogens is 328 g/mol. The van der Waals surface area contributed by atoms with E-state index in [-0.39, 0.29) is 24.0 Å². The van der Waals surface area contributed by atoms with E-state index in [0.717, 1.165) is 24.0 Å². The van der Waals surface area contributed by atoms with E-state index in [1.165, 1.54) is 0 Å². The highest BCUT2D eigenvalue weighted by Gasteiger charge is 2.30. The van der Waals surface area contributed by atoms with E-state index in [9.17, 15) is 9.90 Å². The monoisotopic (exact) mass is 362 g/mol. The van der Waals surface area contributed by atoms with Gasteiger partial charge in [0.1, 0.15) is 24.7 Å². The molecule has 0 saturated heterocycles. The second-order valence-corrected chi connectivity index (χ2v) is 8.11. The van der Waals surface area contributed by atoms with Crippen LogP contribution < -0.4 is 4.74 Å². The number of phenols is 1. The summed E-state index contributed by atoms with van der Waals surface area (Å²) in [7, 11) is 0. The number of carbonyl (C=O) groups is 1. The quantitative estimate of drug-likeness (QED) is 0.369. The van der Waals surface area contributed by atoms with Crippen LogP contribution in [0.2, 0.25) is 0 Å². The minimum absolute atomic E-state index is 0.158. The van der Waals surface area contributed by atoms with E-state index < -0.39 is 5.97 Å². The third kappa shape index (κ3) is 5.26. The van der Waals surface area contributed by atoms with Crippen LogP contribution in [0.15, 0.2) is 24.3 Å². The molecule has 0 atom stereocenters. The Hall–Kier alpha value is -1.97. The number of rotatable bonds is 9. The Morgan fingerprint density at radius 1 is 1.04 bits per heavy atom. The van der Waals surface area contributed by atoms with Gasteiger partial charge in [0.15, 0.2) is 0 Å². The lowest BCUT2D eigenvalue weighted by Gasteiger charge is -2.31. The van der Waals surface area contributed by atoms with Crippen LogP contribution >= 0.6 is 0 Å². The lowest BCUT2D eigenvalue weighted by molar-refractivity contribution is -0.139. The maximum absolute atomic E-state index is 11.4. The molecule has 0 aliphatic rings. The van der Waals surface area contributed by atoms with Crippen molar-refractivity contribution < 1.29 is 19.4 Å². The first-order valence-corrected chi connectivity index (χ1v) is 9.29. The fourth-order valence-electron chi connectivity index (χ4n) is 2.52. The SMILES string of the molecule is C=C(C)C(=O)OCCOc1cc(C(C)(C)CC)c(O)c(C(C)(C)CC)c1. The molecule has 146 valence electrons. The van der Waals surface area contributed by atoms with Crippen LogP contribution in [-0.4, -0.2) is 24.3 Å². The fourth-order valence-corrected chi connectivity index (χ4v) is 2.52. The van der Waals surface area contributed by atoms with Crippen molar-refractivity contribution >= 4 is 5.97 Å². The van der Waals surface area contributed by atoms with Gasteiger partial charge in [0.2, 0.25) is 0 Å². The number of hydrogen-bond acceptors (Lipinski definition) is 4. The first-order chi connectivity index (χ1) is 12.0. The average molecular weight is 363 g/mol. The van der Waals surface area contributed by atoms with Crippen molar-refractivity contribution in [2.45, 2.75) is 72.1 Å². The Morgan fingerprint density at radius 3 is 1.88 bits per heavy atom. The smallest absolute Gasteiger partial charge is 0.333 e. The number of esters is 1. The zero-order valence-corrected chi connectivity index (χ0v) is 17.4. The van der Waals surface area contributed by atoms with Crippen molar-refractivity contribution in [1.29, 1.82) is 0 Å². The Balaban J connectivity index is 3.12. The third-order valence-corrected chi connectivity index (χ3v) is 5.24. The molecule has 0 radical (unpaired) electrons. The molecule has 26 heavy (non-hydrogen) atoms. The molecule has 0 spiro atoms. The van der Waals surface area contributed by atoms with Gasteiger partial charge in [-0.1, -0.05) is 48.1 Å². The number of carbonyl (C=O) groups excluding carboxylic acids is 1. The molecule has 0 saturated carbocycles. The van der Waals surface area contributed by atoms with Crippen LogP contribution in [0.4, 0.5) is 0 Å². The highest BCUT2D eigenvalue weighted by atomic mass is 16.6. The zero-order chi connectivity index (χ0) is 20.1. The summed E-state index contributed by atoms with van der Waals surface area (Å²) in [6, 6.07) is 3.79. The number of hydrogen-bond donors (Lipinski definition) is 1. The normalized spacial score (nSPS) is 12.0. The number of benzene rings is 1. The highest BCUT2D eigenvalue weighted by Crippen LogP contribution is 2.44. The molecule has 0 aliphatic heterocycles. The summed E-state index contributed by atoms with van der Waals surface area (Å²) < 4.78 is 10.9. The van der Waals surface area contributed by atoms with Crippen LogP contribution in [-0.2, 0) is 20.4 Å². The molecular formula is C22H34O4. The molecule has 0 unspecified atom stereocenters. The molecule has 0 aromatic heterocycles. The van der Waals surface area contributed by atoms with E-state index in [2.05, 4.69) is 48.1 Å². The van der Waals surface area contributed by atoms with Gasteiger partial charge in [0.25, 0.3) is 0 Å². The summed E-state index contributed by atoms with van der Waals surface area (Å²) in [5.41, 5.74) is 1.79. The second-order valence-electron chi connectivity index (χ2n) is 8.11. The van der Waals surface area contributed by atoms with Gasteiger partial charge in [-0.3, -0.25) is 0 Å². The van der Waals surface area contributed by atoms with Crippen LogP contribution in [0.25, 0.3) is 0 Å². The molecule has 1 rings (SSSR count). The van der Waals surface area contributed by atoms with Gasteiger partial charge in [-0.05, 0) is 42.7 Å². The molecule has 0 bridgehead atoms. The van der Waals surface area contributed by atoms with Crippen molar-refractivity contribution in [3.05, 3.63) is 35.4 Å². The molecule has 1 aromatic rings. The van der Waals surface area contributed by atoms with E-state index in [0.29, 0.717) is 17.1 Å².